The van der Waals surface area contributed by atoms with Crippen molar-refractivity contribution in [3.05, 3.63) is 125 Å². The molecule has 1 aliphatic rings. The number of halogens is 1. The van der Waals surface area contributed by atoms with E-state index in [1.807, 2.05) is 71.6 Å². The molecule has 1 heterocycles. The van der Waals surface area contributed by atoms with Gasteiger partial charge in [-0.15, -0.1) is 0 Å². The molecule has 5 rings (SSSR count). The maximum Gasteiger partial charge on any atom is 0.344 e. The number of nitrogens with zero attached hydrogens (tertiary/aromatic N) is 3. The number of carboxylic acids is 1. The molecule has 0 aromatic heterocycles. The Morgan fingerprint density at radius 2 is 1.50 bits per heavy atom. The summed E-state index contributed by atoms with van der Waals surface area (Å²) in [7, 11) is 0. The Morgan fingerprint density at radius 1 is 0.818 bits per heavy atom. The number of carbonyl (C=O) groups is 2. The quantitative estimate of drug-likeness (QED) is 0.162. The van der Waals surface area contributed by atoms with E-state index in [1.54, 1.807) is 6.92 Å². The van der Waals surface area contributed by atoms with Gasteiger partial charge < -0.3 is 19.6 Å². The van der Waals surface area contributed by atoms with Crippen LogP contribution in [0.4, 0.5) is 0 Å². The number of amides is 1. The molecule has 1 unspecified atom stereocenters. The minimum atomic E-state index is -1.08. The van der Waals surface area contributed by atoms with Gasteiger partial charge in [-0.1, -0.05) is 95.6 Å². The van der Waals surface area contributed by atoms with E-state index in [0.29, 0.717) is 29.6 Å². The molecule has 226 valence electrons. The summed E-state index contributed by atoms with van der Waals surface area (Å²) >= 11 is 6.16. The molecule has 8 nitrogen and oxygen atoms in total. The SMILES string of the molecule is CC(=NOCC(=O)O)c1ccc(-c2cccc(OCC(=O)N3CCN(C(c4ccccc4)c4ccc(Cl)cc4)CC3)c2)cc1. The highest BCUT2D eigenvalue weighted by Crippen LogP contribution is 2.30. The first-order valence-corrected chi connectivity index (χ1v) is 14.8. The molecule has 1 N–H and O–H groups in total. The van der Waals surface area contributed by atoms with Crippen LogP contribution in [0.3, 0.4) is 0 Å². The largest absolute Gasteiger partial charge is 0.484 e. The van der Waals surface area contributed by atoms with Crippen molar-refractivity contribution in [1.82, 2.24) is 9.80 Å². The zero-order chi connectivity index (χ0) is 30.9. The van der Waals surface area contributed by atoms with E-state index in [-0.39, 0.29) is 18.6 Å². The molecule has 0 spiro atoms. The van der Waals surface area contributed by atoms with Gasteiger partial charge in [0.05, 0.1) is 11.8 Å². The Bertz CT molecular complexity index is 1590. The van der Waals surface area contributed by atoms with Crippen LogP contribution in [-0.4, -0.2) is 71.9 Å². The second-order valence-electron chi connectivity index (χ2n) is 10.5. The lowest BCUT2D eigenvalue weighted by molar-refractivity contribution is -0.142. The van der Waals surface area contributed by atoms with Crippen molar-refractivity contribution in [1.29, 1.82) is 0 Å². The molecule has 44 heavy (non-hydrogen) atoms. The highest BCUT2D eigenvalue weighted by atomic mass is 35.5. The smallest absolute Gasteiger partial charge is 0.344 e. The zero-order valence-corrected chi connectivity index (χ0v) is 25.2. The van der Waals surface area contributed by atoms with Crippen molar-refractivity contribution in [2.45, 2.75) is 13.0 Å². The van der Waals surface area contributed by atoms with Crippen LogP contribution in [0, 0.1) is 0 Å². The van der Waals surface area contributed by atoms with E-state index in [0.717, 1.165) is 29.8 Å². The van der Waals surface area contributed by atoms with Crippen LogP contribution in [0.25, 0.3) is 11.1 Å². The van der Waals surface area contributed by atoms with Gasteiger partial charge in [0.1, 0.15) is 5.75 Å². The van der Waals surface area contributed by atoms with E-state index in [2.05, 4.69) is 46.5 Å². The molecule has 9 heteroatoms. The molecule has 4 aromatic carbocycles. The van der Waals surface area contributed by atoms with E-state index >= 15 is 0 Å². The third-order valence-electron chi connectivity index (χ3n) is 7.56. The van der Waals surface area contributed by atoms with Gasteiger partial charge in [0.25, 0.3) is 5.91 Å². The lowest BCUT2D eigenvalue weighted by Crippen LogP contribution is -2.51. The standard InChI is InChI=1S/C35H34ClN3O5/c1-25(37-44-24-34(41)42)26-10-12-27(13-11-26)30-8-5-9-32(22-30)43-23-33(40)38-18-20-39(21-19-38)35(28-6-3-2-4-7-28)29-14-16-31(36)17-15-29/h2-17,22,35H,18-21,23-24H2,1H3,(H,41,42). The summed E-state index contributed by atoms with van der Waals surface area (Å²) in [5.74, 6) is -0.502. The number of oxime groups is 1. The van der Waals surface area contributed by atoms with Gasteiger partial charge in [-0.05, 0) is 59.0 Å². The normalized spacial score (nSPS) is 14.6. The minimum Gasteiger partial charge on any atom is -0.484 e. The molecule has 0 aliphatic carbocycles. The van der Waals surface area contributed by atoms with Gasteiger partial charge in [-0.2, -0.15) is 0 Å². The van der Waals surface area contributed by atoms with Crippen LogP contribution in [0.5, 0.6) is 5.75 Å². The van der Waals surface area contributed by atoms with Crippen LogP contribution >= 0.6 is 11.6 Å². The fourth-order valence-corrected chi connectivity index (χ4v) is 5.39. The van der Waals surface area contributed by atoms with Crippen molar-refractivity contribution in [2.24, 2.45) is 5.16 Å². The third-order valence-corrected chi connectivity index (χ3v) is 7.81. The highest BCUT2D eigenvalue weighted by molar-refractivity contribution is 6.30. The maximum absolute atomic E-state index is 13.1. The zero-order valence-electron chi connectivity index (χ0n) is 24.4. The summed E-state index contributed by atoms with van der Waals surface area (Å²) in [5.41, 5.74) is 5.69. The van der Waals surface area contributed by atoms with Crippen molar-refractivity contribution >= 4 is 29.2 Å². The number of piperazine rings is 1. The van der Waals surface area contributed by atoms with E-state index < -0.39 is 12.6 Å². The number of ether oxygens (including phenoxy) is 1. The molecular weight excluding hydrogens is 578 g/mol. The molecule has 1 aliphatic heterocycles. The molecule has 0 radical (unpaired) electrons. The fourth-order valence-electron chi connectivity index (χ4n) is 5.27. The summed E-state index contributed by atoms with van der Waals surface area (Å²) in [5, 5.41) is 13.2. The molecule has 1 fully saturated rings. The van der Waals surface area contributed by atoms with Crippen molar-refractivity contribution in [3.8, 4) is 16.9 Å². The van der Waals surface area contributed by atoms with Gasteiger partial charge in [0.15, 0.2) is 6.61 Å². The number of rotatable bonds is 11. The minimum absolute atomic E-state index is 0.0340. The third kappa shape index (κ3) is 8.03. The summed E-state index contributed by atoms with van der Waals surface area (Å²) in [4.78, 5) is 32.8. The highest BCUT2D eigenvalue weighted by Gasteiger charge is 2.28. The Labute approximate surface area is 262 Å². The molecule has 4 aromatic rings. The lowest BCUT2D eigenvalue weighted by Gasteiger charge is -2.39. The van der Waals surface area contributed by atoms with Gasteiger partial charge in [0, 0.05) is 31.2 Å². The summed E-state index contributed by atoms with van der Waals surface area (Å²) < 4.78 is 5.93. The Morgan fingerprint density at radius 3 is 2.18 bits per heavy atom. The van der Waals surface area contributed by atoms with Crippen LogP contribution in [0.15, 0.2) is 108 Å². The second-order valence-corrected chi connectivity index (χ2v) is 11.0. The lowest BCUT2D eigenvalue weighted by atomic mass is 9.96. The summed E-state index contributed by atoms with van der Waals surface area (Å²) in [6.07, 6.45) is 0. The van der Waals surface area contributed by atoms with Gasteiger partial charge >= 0.3 is 5.97 Å². The average molecular weight is 612 g/mol. The van der Waals surface area contributed by atoms with Gasteiger partial charge in [0.2, 0.25) is 6.61 Å². The van der Waals surface area contributed by atoms with E-state index in [9.17, 15) is 9.59 Å². The topological polar surface area (TPSA) is 91.7 Å². The molecule has 0 saturated carbocycles. The maximum atomic E-state index is 13.1. The van der Waals surface area contributed by atoms with Crippen LogP contribution in [0.1, 0.15) is 29.7 Å². The average Bonchev–Trinajstić information content (AvgIpc) is 3.05. The van der Waals surface area contributed by atoms with E-state index in [1.165, 1.54) is 11.1 Å². The Balaban J connectivity index is 1.16. The molecule has 0 bridgehead atoms. The Hall–Kier alpha value is -4.66. The predicted molar refractivity (Wildman–Crippen MR) is 171 cm³/mol. The van der Waals surface area contributed by atoms with Crippen LogP contribution < -0.4 is 4.74 Å². The molecule has 1 saturated heterocycles. The first-order chi connectivity index (χ1) is 21.4. The monoisotopic (exact) mass is 611 g/mol. The predicted octanol–water partition coefficient (Wildman–Crippen LogP) is 6.14. The fraction of sp³-hybridized carbons (Fsp3) is 0.229. The van der Waals surface area contributed by atoms with Crippen LogP contribution in [0.2, 0.25) is 5.02 Å². The Kier molecular flexibility index (Phi) is 10.3. The molecule has 1 amide bonds. The van der Waals surface area contributed by atoms with E-state index in [4.69, 9.17) is 26.3 Å². The molecular formula is C35H34ClN3O5. The number of aliphatic carboxylic acids is 1. The molecule has 1 atom stereocenters. The van der Waals surface area contributed by atoms with Crippen molar-refractivity contribution in [3.63, 3.8) is 0 Å². The van der Waals surface area contributed by atoms with Gasteiger partial charge in [-0.3, -0.25) is 9.69 Å². The number of benzene rings is 4. The number of carboxylic acid groups (broad SMARTS) is 1. The summed E-state index contributed by atoms with van der Waals surface area (Å²) in [6, 6.07) is 33.8. The number of hydrogen-bond donors (Lipinski definition) is 1. The first-order valence-electron chi connectivity index (χ1n) is 14.4. The first kappa shape index (κ1) is 30.8. The van der Waals surface area contributed by atoms with Crippen LogP contribution in [-0.2, 0) is 14.4 Å². The summed E-state index contributed by atoms with van der Waals surface area (Å²) in [6.45, 7) is 3.97. The number of hydrogen-bond acceptors (Lipinski definition) is 6. The number of carbonyl (C=O) groups excluding carboxylic acids is 1. The van der Waals surface area contributed by atoms with Crippen molar-refractivity contribution in [2.75, 3.05) is 39.4 Å². The van der Waals surface area contributed by atoms with Crippen molar-refractivity contribution < 1.29 is 24.3 Å². The van der Waals surface area contributed by atoms with Gasteiger partial charge in [-0.25, -0.2) is 4.79 Å². The second kappa shape index (κ2) is 14.7.